The van der Waals surface area contributed by atoms with Crippen molar-refractivity contribution in [3.8, 4) is 0 Å². The Morgan fingerprint density at radius 2 is 2.37 bits per heavy atom. The Labute approximate surface area is 111 Å². The van der Waals surface area contributed by atoms with Crippen LogP contribution in [-0.4, -0.2) is 33.9 Å². The average molecular weight is 259 g/mol. The van der Waals surface area contributed by atoms with Crippen molar-refractivity contribution < 1.29 is 9.90 Å². The molecular weight excluding hydrogens is 242 g/mol. The van der Waals surface area contributed by atoms with Crippen LogP contribution in [0.3, 0.4) is 0 Å². The number of benzene rings is 1. The SMILES string of the molecule is Cc1c2cccc(C(=O)O)c2nn1C1CCCNC1. The molecule has 1 aromatic carbocycles. The third kappa shape index (κ3) is 2.00. The average Bonchev–Trinajstić information content (AvgIpc) is 2.77. The molecule has 1 atom stereocenters. The van der Waals surface area contributed by atoms with E-state index in [0.717, 1.165) is 37.0 Å². The van der Waals surface area contributed by atoms with E-state index >= 15 is 0 Å². The second-order valence-electron chi connectivity index (χ2n) is 5.04. The van der Waals surface area contributed by atoms with Crippen molar-refractivity contribution in [2.45, 2.75) is 25.8 Å². The standard InChI is InChI=1S/C14H17N3O2/c1-9-11-5-2-6-12(14(18)19)13(11)16-17(9)10-4-3-7-15-8-10/h2,5-6,10,15H,3-4,7-8H2,1H3,(H,18,19). The molecule has 1 aliphatic rings. The summed E-state index contributed by atoms with van der Waals surface area (Å²) in [6.45, 7) is 3.96. The third-order valence-corrected chi connectivity index (χ3v) is 3.82. The Balaban J connectivity index is 2.13. The Hall–Kier alpha value is -1.88. The lowest BCUT2D eigenvalue weighted by Crippen LogP contribution is -2.32. The molecule has 19 heavy (non-hydrogen) atoms. The number of carboxylic acids is 1. The molecular formula is C14H17N3O2. The lowest BCUT2D eigenvalue weighted by atomic mass is 10.1. The predicted molar refractivity (Wildman–Crippen MR) is 72.6 cm³/mol. The fourth-order valence-corrected chi connectivity index (χ4v) is 2.82. The molecule has 0 aliphatic carbocycles. The first-order chi connectivity index (χ1) is 9.18. The van der Waals surface area contributed by atoms with Gasteiger partial charge < -0.3 is 10.4 Å². The van der Waals surface area contributed by atoms with E-state index in [1.807, 2.05) is 17.7 Å². The van der Waals surface area contributed by atoms with Gasteiger partial charge in [-0.25, -0.2) is 4.79 Å². The number of carboxylic acid groups (broad SMARTS) is 1. The van der Waals surface area contributed by atoms with Crippen molar-refractivity contribution >= 4 is 16.9 Å². The molecule has 100 valence electrons. The maximum atomic E-state index is 11.3. The minimum Gasteiger partial charge on any atom is -0.478 e. The van der Waals surface area contributed by atoms with Crippen molar-refractivity contribution in [3.05, 3.63) is 29.5 Å². The summed E-state index contributed by atoms with van der Waals surface area (Å²) in [4.78, 5) is 11.3. The fraction of sp³-hybridized carbons (Fsp3) is 0.429. The summed E-state index contributed by atoms with van der Waals surface area (Å²) < 4.78 is 1.99. The number of aromatic nitrogens is 2. The normalized spacial score (nSPS) is 19.7. The molecule has 1 aromatic heterocycles. The Kier molecular flexibility index (Phi) is 2.98. The molecule has 0 spiro atoms. The summed E-state index contributed by atoms with van der Waals surface area (Å²) in [5.41, 5.74) is 1.92. The molecule has 2 aromatic rings. The number of nitrogens with zero attached hydrogens (tertiary/aromatic N) is 2. The van der Waals surface area contributed by atoms with Gasteiger partial charge in [0.2, 0.25) is 0 Å². The van der Waals surface area contributed by atoms with Gasteiger partial charge >= 0.3 is 5.97 Å². The molecule has 1 unspecified atom stereocenters. The van der Waals surface area contributed by atoms with Crippen LogP contribution in [0, 0.1) is 6.92 Å². The van der Waals surface area contributed by atoms with Crippen LogP contribution < -0.4 is 5.32 Å². The van der Waals surface area contributed by atoms with E-state index in [9.17, 15) is 9.90 Å². The second-order valence-corrected chi connectivity index (χ2v) is 5.04. The first-order valence-electron chi connectivity index (χ1n) is 6.60. The van der Waals surface area contributed by atoms with Gasteiger partial charge in [-0.15, -0.1) is 0 Å². The lowest BCUT2D eigenvalue weighted by molar-refractivity contribution is 0.0698. The number of hydrogen-bond donors (Lipinski definition) is 2. The van der Waals surface area contributed by atoms with E-state index < -0.39 is 5.97 Å². The van der Waals surface area contributed by atoms with Crippen LogP contribution in [0.4, 0.5) is 0 Å². The largest absolute Gasteiger partial charge is 0.478 e. The fourth-order valence-electron chi connectivity index (χ4n) is 2.82. The van der Waals surface area contributed by atoms with Gasteiger partial charge in [-0.2, -0.15) is 5.10 Å². The van der Waals surface area contributed by atoms with Crippen molar-refractivity contribution in [1.82, 2.24) is 15.1 Å². The monoisotopic (exact) mass is 259 g/mol. The van der Waals surface area contributed by atoms with Crippen LogP contribution in [0.15, 0.2) is 18.2 Å². The number of rotatable bonds is 2. The van der Waals surface area contributed by atoms with Crippen LogP contribution in [0.1, 0.15) is 34.9 Å². The Bertz CT molecular complexity index is 627. The molecule has 0 radical (unpaired) electrons. The number of fused-ring (bicyclic) bond motifs is 1. The summed E-state index contributed by atoms with van der Waals surface area (Å²) in [5, 5.41) is 18.1. The third-order valence-electron chi connectivity index (χ3n) is 3.82. The Morgan fingerprint density at radius 3 is 3.05 bits per heavy atom. The number of carbonyl (C=O) groups is 1. The van der Waals surface area contributed by atoms with Gasteiger partial charge in [-0.3, -0.25) is 4.68 Å². The zero-order valence-electron chi connectivity index (χ0n) is 10.9. The molecule has 5 nitrogen and oxygen atoms in total. The molecule has 1 aliphatic heterocycles. The molecule has 0 amide bonds. The molecule has 5 heteroatoms. The van der Waals surface area contributed by atoms with Crippen LogP contribution >= 0.6 is 0 Å². The maximum absolute atomic E-state index is 11.3. The molecule has 2 heterocycles. The summed E-state index contributed by atoms with van der Waals surface area (Å²) >= 11 is 0. The topological polar surface area (TPSA) is 67.1 Å². The molecule has 0 bridgehead atoms. The van der Waals surface area contributed by atoms with Gasteiger partial charge in [0, 0.05) is 17.6 Å². The minimum atomic E-state index is -0.919. The van der Waals surface area contributed by atoms with E-state index in [0.29, 0.717) is 11.6 Å². The molecule has 3 rings (SSSR count). The highest BCUT2D eigenvalue weighted by molar-refractivity contribution is 6.02. The number of aryl methyl sites for hydroxylation is 1. The first-order valence-corrected chi connectivity index (χ1v) is 6.60. The lowest BCUT2D eigenvalue weighted by Gasteiger charge is -2.24. The van der Waals surface area contributed by atoms with E-state index in [-0.39, 0.29) is 5.56 Å². The highest BCUT2D eigenvalue weighted by atomic mass is 16.4. The van der Waals surface area contributed by atoms with Gasteiger partial charge in [0.05, 0.1) is 11.6 Å². The summed E-state index contributed by atoms with van der Waals surface area (Å²) in [6, 6.07) is 5.66. The molecule has 1 fully saturated rings. The van der Waals surface area contributed by atoms with E-state index in [1.54, 1.807) is 12.1 Å². The van der Waals surface area contributed by atoms with E-state index in [2.05, 4.69) is 10.4 Å². The van der Waals surface area contributed by atoms with E-state index in [1.165, 1.54) is 0 Å². The molecule has 0 saturated carbocycles. The summed E-state index contributed by atoms with van der Waals surface area (Å²) in [6.07, 6.45) is 2.22. The number of nitrogens with one attached hydrogen (secondary N) is 1. The van der Waals surface area contributed by atoms with Crippen molar-refractivity contribution in [2.75, 3.05) is 13.1 Å². The highest BCUT2D eigenvalue weighted by Crippen LogP contribution is 2.26. The Morgan fingerprint density at radius 1 is 1.53 bits per heavy atom. The van der Waals surface area contributed by atoms with Gasteiger partial charge in [-0.1, -0.05) is 12.1 Å². The van der Waals surface area contributed by atoms with Gasteiger partial charge in [0.1, 0.15) is 5.52 Å². The van der Waals surface area contributed by atoms with Gasteiger partial charge in [-0.05, 0) is 32.4 Å². The second kappa shape index (κ2) is 4.66. The quantitative estimate of drug-likeness (QED) is 0.865. The molecule has 1 saturated heterocycles. The molecule has 2 N–H and O–H groups in total. The zero-order chi connectivity index (χ0) is 13.4. The van der Waals surface area contributed by atoms with Crippen molar-refractivity contribution in [2.24, 2.45) is 0 Å². The zero-order valence-corrected chi connectivity index (χ0v) is 10.9. The first kappa shape index (κ1) is 12.2. The van der Waals surface area contributed by atoms with Crippen LogP contribution in [0.25, 0.3) is 10.9 Å². The summed E-state index contributed by atoms with van der Waals surface area (Å²) in [7, 11) is 0. The van der Waals surface area contributed by atoms with Crippen molar-refractivity contribution in [3.63, 3.8) is 0 Å². The van der Waals surface area contributed by atoms with E-state index in [4.69, 9.17) is 0 Å². The van der Waals surface area contributed by atoms with Crippen LogP contribution in [-0.2, 0) is 0 Å². The minimum absolute atomic E-state index is 0.281. The number of aromatic carboxylic acids is 1. The predicted octanol–water partition coefficient (Wildman–Crippen LogP) is 1.97. The number of piperidine rings is 1. The van der Waals surface area contributed by atoms with Crippen LogP contribution in [0.2, 0.25) is 0 Å². The van der Waals surface area contributed by atoms with Crippen LogP contribution in [0.5, 0.6) is 0 Å². The maximum Gasteiger partial charge on any atom is 0.337 e. The highest BCUT2D eigenvalue weighted by Gasteiger charge is 2.21. The van der Waals surface area contributed by atoms with Crippen molar-refractivity contribution in [1.29, 1.82) is 0 Å². The van der Waals surface area contributed by atoms with Gasteiger partial charge in [0.25, 0.3) is 0 Å². The summed E-state index contributed by atoms with van der Waals surface area (Å²) in [5.74, 6) is -0.919. The van der Waals surface area contributed by atoms with Gasteiger partial charge in [0.15, 0.2) is 0 Å². The smallest absolute Gasteiger partial charge is 0.337 e. The number of hydrogen-bond acceptors (Lipinski definition) is 3.